The van der Waals surface area contributed by atoms with E-state index in [1.807, 2.05) is 42.5 Å². The molecule has 122 valence electrons. The van der Waals surface area contributed by atoms with E-state index in [1.54, 1.807) is 14.2 Å². The summed E-state index contributed by atoms with van der Waals surface area (Å²) in [6.07, 6.45) is 0. The quantitative estimate of drug-likeness (QED) is 0.757. The molecule has 1 amide bonds. The lowest BCUT2D eigenvalue weighted by molar-refractivity contribution is -0.113. The molecule has 6 heteroatoms. The van der Waals surface area contributed by atoms with E-state index in [0.717, 1.165) is 27.2 Å². The summed E-state index contributed by atoms with van der Waals surface area (Å²) < 4.78 is 11.5. The van der Waals surface area contributed by atoms with Gasteiger partial charge in [-0.1, -0.05) is 18.2 Å². The molecule has 0 saturated carbocycles. The molecule has 4 nitrogen and oxygen atoms in total. The molecule has 0 saturated heterocycles. The number of benzene rings is 2. The van der Waals surface area contributed by atoms with Gasteiger partial charge in [0.2, 0.25) is 5.91 Å². The van der Waals surface area contributed by atoms with Crippen LogP contribution < -0.4 is 14.8 Å². The number of hydrogen-bond acceptors (Lipinski definition) is 4. The first kappa shape index (κ1) is 17.7. The van der Waals surface area contributed by atoms with Crippen molar-refractivity contribution >= 4 is 39.3 Å². The van der Waals surface area contributed by atoms with Gasteiger partial charge in [-0.15, -0.1) is 11.8 Å². The first-order valence-corrected chi connectivity index (χ1v) is 8.92. The number of ether oxygens (including phenoxy) is 2. The third-order valence-electron chi connectivity index (χ3n) is 3.10. The van der Waals surface area contributed by atoms with Gasteiger partial charge in [0, 0.05) is 17.0 Å². The number of nitrogens with one attached hydrogen (secondary N) is 1. The molecular weight excluding hydrogens is 378 g/mol. The van der Waals surface area contributed by atoms with Crippen LogP contribution in [0.3, 0.4) is 0 Å². The second kappa shape index (κ2) is 8.84. The number of halogens is 1. The van der Waals surface area contributed by atoms with Crippen LogP contribution in [0, 0.1) is 0 Å². The highest BCUT2D eigenvalue weighted by Gasteiger charge is 2.11. The Morgan fingerprint density at radius 1 is 1.13 bits per heavy atom. The lowest BCUT2D eigenvalue weighted by atomic mass is 10.2. The van der Waals surface area contributed by atoms with Gasteiger partial charge in [-0.05, 0) is 40.2 Å². The first-order chi connectivity index (χ1) is 11.1. The largest absolute Gasteiger partial charge is 0.496 e. The summed E-state index contributed by atoms with van der Waals surface area (Å²) in [4.78, 5) is 11.9. The lowest BCUT2D eigenvalue weighted by Crippen LogP contribution is -2.14. The number of carbonyl (C=O) groups excluding carboxylic acids is 1. The zero-order chi connectivity index (χ0) is 16.7. The minimum Gasteiger partial charge on any atom is -0.496 e. The molecule has 0 heterocycles. The van der Waals surface area contributed by atoms with Crippen LogP contribution in [0.2, 0.25) is 0 Å². The van der Waals surface area contributed by atoms with E-state index in [0.29, 0.717) is 11.5 Å². The Labute approximate surface area is 148 Å². The maximum absolute atomic E-state index is 11.9. The second-order valence-electron chi connectivity index (χ2n) is 4.71. The highest BCUT2D eigenvalue weighted by molar-refractivity contribution is 9.10. The molecule has 0 aromatic heterocycles. The summed E-state index contributed by atoms with van der Waals surface area (Å²) in [6, 6.07) is 13.2. The van der Waals surface area contributed by atoms with E-state index in [1.165, 1.54) is 11.8 Å². The van der Waals surface area contributed by atoms with Gasteiger partial charge in [0.1, 0.15) is 11.5 Å². The van der Waals surface area contributed by atoms with Crippen LogP contribution in [-0.4, -0.2) is 25.9 Å². The number of rotatable bonds is 7. The van der Waals surface area contributed by atoms with E-state index >= 15 is 0 Å². The van der Waals surface area contributed by atoms with Crippen molar-refractivity contribution in [2.75, 3.05) is 25.3 Å². The molecule has 1 N–H and O–H groups in total. The monoisotopic (exact) mass is 395 g/mol. The van der Waals surface area contributed by atoms with Crippen LogP contribution in [-0.2, 0) is 10.5 Å². The Morgan fingerprint density at radius 2 is 1.83 bits per heavy atom. The highest BCUT2D eigenvalue weighted by Crippen LogP contribution is 2.34. The number of amides is 1. The Balaban J connectivity index is 1.92. The first-order valence-electron chi connectivity index (χ1n) is 6.97. The summed E-state index contributed by atoms with van der Waals surface area (Å²) in [7, 11) is 3.25. The normalized spacial score (nSPS) is 10.2. The van der Waals surface area contributed by atoms with E-state index in [9.17, 15) is 4.79 Å². The molecule has 2 rings (SSSR count). The number of para-hydroxylation sites is 1. The highest BCUT2D eigenvalue weighted by atomic mass is 79.9. The van der Waals surface area contributed by atoms with Crippen LogP contribution in [0.1, 0.15) is 5.56 Å². The van der Waals surface area contributed by atoms with Crippen LogP contribution in [0.4, 0.5) is 5.69 Å². The lowest BCUT2D eigenvalue weighted by Gasteiger charge is -2.12. The Hall–Kier alpha value is -1.66. The van der Waals surface area contributed by atoms with Crippen molar-refractivity contribution in [3.05, 3.63) is 52.5 Å². The Morgan fingerprint density at radius 3 is 2.48 bits per heavy atom. The van der Waals surface area contributed by atoms with Gasteiger partial charge >= 0.3 is 0 Å². The van der Waals surface area contributed by atoms with E-state index in [4.69, 9.17) is 9.47 Å². The molecule has 0 unspecified atom stereocenters. The molecule has 0 bridgehead atoms. The summed E-state index contributed by atoms with van der Waals surface area (Å²) in [6.45, 7) is 0. The Kier molecular flexibility index (Phi) is 6.80. The van der Waals surface area contributed by atoms with E-state index in [-0.39, 0.29) is 5.91 Å². The molecule has 0 aliphatic heterocycles. The van der Waals surface area contributed by atoms with Gasteiger partial charge in [-0.25, -0.2) is 0 Å². The predicted octanol–water partition coefficient (Wildman–Crippen LogP) is 4.34. The third-order valence-corrected chi connectivity index (χ3v) is 4.70. The SMILES string of the molecule is COc1cc(CSCC(=O)Nc2ccccc2)c(OC)cc1Br. The van der Waals surface area contributed by atoms with Gasteiger partial charge in [0.05, 0.1) is 24.4 Å². The van der Waals surface area contributed by atoms with Gasteiger partial charge in [-0.2, -0.15) is 0 Å². The van der Waals surface area contributed by atoms with Crippen LogP contribution in [0.15, 0.2) is 46.9 Å². The van der Waals surface area contributed by atoms with Crippen molar-refractivity contribution in [3.63, 3.8) is 0 Å². The molecule has 0 aliphatic rings. The zero-order valence-corrected chi connectivity index (χ0v) is 15.4. The number of anilines is 1. The summed E-state index contributed by atoms with van der Waals surface area (Å²) in [5, 5.41) is 2.87. The fraction of sp³-hybridized carbons (Fsp3) is 0.235. The molecule has 2 aromatic rings. The molecule has 0 atom stereocenters. The third kappa shape index (κ3) is 5.18. The minimum absolute atomic E-state index is 0.0238. The van der Waals surface area contributed by atoms with Crippen molar-refractivity contribution in [1.29, 1.82) is 0 Å². The predicted molar refractivity (Wildman–Crippen MR) is 98.5 cm³/mol. The summed E-state index contributed by atoms with van der Waals surface area (Å²) in [5.41, 5.74) is 1.80. The summed E-state index contributed by atoms with van der Waals surface area (Å²) >= 11 is 4.96. The van der Waals surface area contributed by atoms with Crippen molar-refractivity contribution in [2.24, 2.45) is 0 Å². The van der Waals surface area contributed by atoms with Crippen molar-refractivity contribution < 1.29 is 14.3 Å². The average molecular weight is 396 g/mol. The fourth-order valence-corrected chi connectivity index (χ4v) is 3.30. The molecule has 23 heavy (non-hydrogen) atoms. The number of carbonyl (C=O) groups is 1. The summed E-state index contributed by atoms with van der Waals surface area (Å²) in [5.74, 6) is 2.53. The fourth-order valence-electron chi connectivity index (χ4n) is 2.01. The molecule has 2 aromatic carbocycles. The standard InChI is InChI=1S/C17H18BrNO3S/c1-21-15-9-14(18)16(22-2)8-12(15)10-23-11-17(20)19-13-6-4-3-5-7-13/h3-9H,10-11H2,1-2H3,(H,19,20). The molecule has 0 fully saturated rings. The van der Waals surface area contributed by atoms with Crippen molar-refractivity contribution in [2.45, 2.75) is 5.75 Å². The van der Waals surface area contributed by atoms with Gasteiger partial charge in [0.25, 0.3) is 0 Å². The van der Waals surface area contributed by atoms with Crippen LogP contribution in [0.25, 0.3) is 0 Å². The minimum atomic E-state index is -0.0238. The van der Waals surface area contributed by atoms with Crippen LogP contribution >= 0.6 is 27.7 Å². The average Bonchev–Trinajstić information content (AvgIpc) is 2.56. The number of methoxy groups -OCH3 is 2. The van der Waals surface area contributed by atoms with Crippen molar-refractivity contribution in [1.82, 2.24) is 0 Å². The molecular formula is C17H18BrNO3S. The second-order valence-corrected chi connectivity index (χ2v) is 6.55. The molecule has 0 spiro atoms. The smallest absolute Gasteiger partial charge is 0.234 e. The molecule has 0 aliphatic carbocycles. The van der Waals surface area contributed by atoms with Gasteiger partial charge in [-0.3, -0.25) is 4.79 Å². The number of thioether (sulfide) groups is 1. The maximum Gasteiger partial charge on any atom is 0.234 e. The molecule has 0 radical (unpaired) electrons. The number of hydrogen-bond donors (Lipinski definition) is 1. The van der Waals surface area contributed by atoms with Crippen molar-refractivity contribution in [3.8, 4) is 11.5 Å². The Bertz CT molecular complexity index is 664. The van der Waals surface area contributed by atoms with Gasteiger partial charge in [0.15, 0.2) is 0 Å². The maximum atomic E-state index is 11.9. The van der Waals surface area contributed by atoms with E-state index < -0.39 is 0 Å². The van der Waals surface area contributed by atoms with Gasteiger partial charge < -0.3 is 14.8 Å². The van der Waals surface area contributed by atoms with E-state index in [2.05, 4.69) is 21.2 Å². The zero-order valence-electron chi connectivity index (χ0n) is 13.0. The van der Waals surface area contributed by atoms with Crippen LogP contribution in [0.5, 0.6) is 11.5 Å². The topological polar surface area (TPSA) is 47.6 Å².